The molecule has 1 N–H and O–H groups in total. The molecule has 2 nitrogen and oxygen atoms in total. The lowest BCUT2D eigenvalue weighted by Crippen LogP contribution is -2.21. The largest absolute Gasteiger partial charge is 0.379 e. The van der Waals surface area contributed by atoms with Crippen LogP contribution in [0, 0.1) is 12.7 Å². The van der Waals surface area contributed by atoms with Gasteiger partial charge < -0.3 is 10.2 Å². The Kier molecular flexibility index (Phi) is 5.20. The lowest BCUT2D eigenvalue weighted by molar-refractivity contribution is 0.629. The molecule has 0 bridgehead atoms. The van der Waals surface area contributed by atoms with Crippen molar-refractivity contribution in [1.29, 1.82) is 0 Å². The molecule has 2 aromatic carbocycles. The van der Waals surface area contributed by atoms with E-state index < -0.39 is 0 Å². The molecule has 0 atom stereocenters. The summed E-state index contributed by atoms with van der Waals surface area (Å²) in [5.41, 5.74) is 3.85. The van der Waals surface area contributed by atoms with Crippen LogP contribution in [0.5, 0.6) is 0 Å². The SMILES string of the molecule is CCN(CC)c1ccc(CNc2ccc(C)cc2F)cc1. The van der Waals surface area contributed by atoms with E-state index in [4.69, 9.17) is 0 Å². The van der Waals surface area contributed by atoms with E-state index in [0.29, 0.717) is 12.2 Å². The third kappa shape index (κ3) is 3.97. The van der Waals surface area contributed by atoms with Gasteiger partial charge in [0.05, 0.1) is 5.69 Å². The summed E-state index contributed by atoms with van der Waals surface area (Å²) in [4.78, 5) is 2.30. The summed E-state index contributed by atoms with van der Waals surface area (Å²) in [5, 5.41) is 3.14. The van der Waals surface area contributed by atoms with E-state index in [9.17, 15) is 4.39 Å². The van der Waals surface area contributed by atoms with Crippen LogP contribution in [0.15, 0.2) is 42.5 Å². The average molecular weight is 286 g/mol. The van der Waals surface area contributed by atoms with Gasteiger partial charge in [-0.3, -0.25) is 0 Å². The van der Waals surface area contributed by atoms with E-state index in [-0.39, 0.29) is 5.82 Å². The van der Waals surface area contributed by atoms with Crippen molar-refractivity contribution in [2.75, 3.05) is 23.3 Å². The molecule has 0 aliphatic heterocycles. The minimum absolute atomic E-state index is 0.199. The number of hydrogen-bond donors (Lipinski definition) is 1. The van der Waals surface area contributed by atoms with Crippen molar-refractivity contribution in [3.05, 3.63) is 59.4 Å². The molecule has 0 aliphatic rings. The number of aryl methyl sites for hydroxylation is 1. The van der Waals surface area contributed by atoms with Gasteiger partial charge in [-0.1, -0.05) is 18.2 Å². The topological polar surface area (TPSA) is 15.3 Å². The van der Waals surface area contributed by atoms with Crippen molar-refractivity contribution in [2.45, 2.75) is 27.3 Å². The fraction of sp³-hybridized carbons (Fsp3) is 0.333. The number of hydrogen-bond acceptors (Lipinski definition) is 2. The summed E-state index contributed by atoms with van der Waals surface area (Å²) >= 11 is 0. The fourth-order valence-corrected chi connectivity index (χ4v) is 2.37. The monoisotopic (exact) mass is 286 g/mol. The first-order valence-corrected chi connectivity index (χ1v) is 7.48. The molecule has 3 heteroatoms. The Hall–Kier alpha value is -2.03. The molecule has 0 aliphatic carbocycles. The van der Waals surface area contributed by atoms with Crippen LogP contribution in [0.2, 0.25) is 0 Å². The van der Waals surface area contributed by atoms with Crippen LogP contribution in [-0.4, -0.2) is 13.1 Å². The third-order valence-electron chi connectivity index (χ3n) is 3.67. The quantitative estimate of drug-likeness (QED) is 0.835. The zero-order valence-electron chi connectivity index (χ0n) is 13.0. The minimum Gasteiger partial charge on any atom is -0.379 e. The van der Waals surface area contributed by atoms with Gasteiger partial charge in [0, 0.05) is 25.3 Å². The normalized spacial score (nSPS) is 10.5. The number of anilines is 2. The van der Waals surface area contributed by atoms with Gasteiger partial charge in [-0.25, -0.2) is 4.39 Å². The fourth-order valence-electron chi connectivity index (χ4n) is 2.37. The van der Waals surface area contributed by atoms with E-state index in [1.165, 1.54) is 5.69 Å². The molecule has 0 saturated carbocycles. The van der Waals surface area contributed by atoms with Crippen molar-refractivity contribution < 1.29 is 4.39 Å². The number of nitrogens with zero attached hydrogens (tertiary/aromatic N) is 1. The highest BCUT2D eigenvalue weighted by molar-refractivity contribution is 5.49. The lowest BCUT2D eigenvalue weighted by Gasteiger charge is -2.21. The van der Waals surface area contributed by atoms with Crippen LogP contribution in [0.3, 0.4) is 0 Å². The molecule has 112 valence electrons. The van der Waals surface area contributed by atoms with Gasteiger partial charge in [-0.2, -0.15) is 0 Å². The molecule has 0 spiro atoms. The van der Waals surface area contributed by atoms with Crippen LogP contribution >= 0.6 is 0 Å². The molecule has 0 radical (unpaired) electrons. The van der Waals surface area contributed by atoms with Crippen LogP contribution < -0.4 is 10.2 Å². The summed E-state index contributed by atoms with van der Waals surface area (Å²) in [6.45, 7) is 8.82. The Morgan fingerprint density at radius 1 is 1.00 bits per heavy atom. The van der Waals surface area contributed by atoms with Crippen molar-refractivity contribution in [3.8, 4) is 0 Å². The zero-order chi connectivity index (χ0) is 15.2. The van der Waals surface area contributed by atoms with Crippen molar-refractivity contribution in [1.82, 2.24) is 0 Å². The molecule has 0 aromatic heterocycles. The van der Waals surface area contributed by atoms with Gasteiger partial charge in [0.15, 0.2) is 0 Å². The maximum atomic E-state index is 13.7. The first-order chi connectivity index (χ1) is 10.1. The maximum Gasteiger partial charge on any atom is 0.146 e. The Labute approximate surface area is 126 Å². The Bertz CT molecular complexity index is 574. The lowest BCUT2D eigenvalue weighted by atomic mass is 10.1. The summed E-state index contributed by atoms with van der Waals surface area (Å²) < 4.78 is 13.7. The molecule has 0 fully saturated rings. The second-order valence-corrected chi connectivity index (χ2v) is 5.18. The minimum atomic E-state index is -0.199. The number of rotatable bonds is 6. The molecule has 0 heterocycles. The van der Waals surface area contributed by atoms with Crippen molar-refractivity contribution in [3.63, 3.8) is 0 Å². The maximum absolute atomic E-state index is 13.7. The number of nitrogens with one attached hydrogen (secondary N) is 1. The molecule has 2 aromatic rings. The van der Waals surface area contributed by atoms with Crippen molar-refractivity contribution >= 4 is 11.4 Å². The average Bonchev–Trinajstić information content (AvgIpc) is 2.49. The molecular weight excluding hydrogens is 263 g/mol. The van der Waals surface area contributed by atoms with Crippen LogP contribution in [0.25, 0.3) is 0 Å². The highest BCUT2D eigenvalue weighted by Crippen LogP contribution is 2.18. The molecule has 0 amide bonds. The first-order valence-electron chi connectivity index (χ1n) is 7.48. The summed E-state index contributed by atoms with van der Waals surface area (Å²) in [6.07, 6.45) is 0. The Balaban J connectivity index is 2.00. The smallest absolute Gasteiger partial charge is 0.146 e. The highest BCUT2D eigenvalue weighted by Gasteiger charge is 2.03. The predicted molar refractivity (Wildman–Crippen MR) is 88.5 cm³/mol. The van der Waals surface area contributed by atoms with Crippen LogP contribution in [-0.2, 0) is 6.54 Å². The van der Waals surface area contributed by atoms with Gasteiger partial charge in [-0.15, -0.1) is 0 Å². The second kappa shape index (κ2) is 7.11. The predicted octanol–water partition coefficient (Wildman–Crippen LogP) is 4.59. The Morgan fingerprint density at radius 2 is 1.67 bits per heavy atom. The summed E-state index contributed by atoms with van der Waals surface area (Å²) in [5.74, 6) is -0.199. The van der Waals surface area contributed by atoms with Crippen molar-refractivity contribution in [2.24, 2.45) is 0 Å². The third-order valence-corrected chi connectivity index (χ3v) is 3.67. The standard InChI is InChI=1S/C18H23FN2/c1-4-21(5-2)16-9-7-15(8-10-16)13-20-18-11-6-14(3)12-17(18)19/h6-12,20H,4-5,13H2,1-3H3. The van der Waals surface area contributed by atoms with Gasteiger partial charge in [0.2, 0.25) is 0 Å². The van der Waals surface area contributed by atoms with Gasteiger partial charge in [0.1, 0.15) is 5.82 Å². The van der Waals surface area contributed by atoms with Gasteiger partial charge in [-0.05, 0) is 56.2 Å². The van der Waals surface area contributed by atoms with E-state index in [1.807, 2.05) is 13.0 Å². The molecule has 2 rings (SSSR count). The van der Waals surface area contributed by atoms with E-state index in [0.717, 1.165) is 24.2 Å². The Morgan fingerprint density at radius 3 is 2.24 bits per heavy atom. The molecule has 0 saturated heterocycles. The highest BCUT2D eigenvalue weighted by atomic mass is 19.1. The van der Waals surface area contributed by atoms with E-state index in [1.54, 1.807) is 12.1 Å². The molecule has 0 unspecified atom stereocenters. The van der Waals surface area contributed by atoms with Crippen LogP contribution in [0.4, 0.5) is 15.8 Å². The molecule has 21 heavy (non-hydrogen) atoms. The van der Waals surface area contributed by atoms with Gasteiger partial charge in [0.25, 0.3) is 0 Å². The zero-order valence-corrected chi connectivity index (χ0v) is 13.0. The second-order valence-electron chi connectivity index (χ2n) is 5.18. The molecular formula is C18H23FN2. The van der Waals surface area contributed by atoms with E-state index >= 15 is 0 Å². The van der Waals surface area contributed by atoms with E-state index in [2.05, 4.69) is 48.3 Å². The summed E-state index contributed by atoms with van der Waals surface area (Å²) in [7, 11) is 0. The summed E-state index contributed by atoms with van der Waals surface area (Å²) in [6, 6.07) is 13.7. The first kappa shape index (κ1) is 15.4. The van der Waals surface area contributed by atoms with Crippen LogP contribution in [0.1, 0.15) is 25.0 Å². The number of halogens is 1. The van der Waals surface area contributed by atoms with Gasteiger partial charge >= 0.3 is 0 Å². The number of benzene rings is 2.